The predicted octanol–water partition coefficient (Wildman–Crippen LogP) is 3.98. The Morgan fingerprint density at radius 2 is 2.29 bits per heavy atom. The van der Waals surface area contributed by atoms with E-state index in [4.69, 9.17) is 4.74 Å². The van der Waals surface area contributed by atoms with Crippen LogP contribution >= 0.6 is 11.3 Å². The van der Waals surface area contributed by atoms with Gasteiger partial charge in [-0.2, -0.15) is 0 Å². The standard InChI is InChI=1S/C14H14N2O2S.C2H6/c1-2-18-14(17)11-8-9-5-7-16-13-10(12(9)19-11)4-3-6-15-13;1-2/h3-4,6,8H,2,5,7H2,1H3,(H,15,16);1-2H3. The van der Waals surface area contributed by atoms with Gasteiger partial charge in [0.1, 0.15) is 10.7 Å². The molecule has 0 atom stereocenters. The largest absolute Gasteiger partial charge is 0.462 e. The molecule has 1 N–H and O–H groups in total. The van der Waals surface area contributed by atoms with E-state index in [2.05, 4.69) is 10.3 Å². The molecule has 0 fully saturated rings. The van der Waals surface area contributed by atoms with E-state index < -0.39 is 0 Å². The minimum Gasteiger partial charge on any atom is -0.462 e. The fourth-order valence-electron chi connectivity index (χ4n) is 2.19. The third kappa shape index (κ3) is 3.24. The smallest absolute Gasteiger partial charge is 0.348 e. The van der Waals surface area contributed by atoms with Crippen LogP contribution in [0, 0.1) is 0 Å². The number of nitrogens with zero attached hydrogens (tertiary/aromatic N) is 1. The number of anilines is 1. The number of rotatable bonds is 2. The predicted molar refractivity (Wildman–Crippen MR) is 87.0 cm³/mol. The van der Waals surface area contributed by atoms with Crippen LogP contribution in [0.1, 0.15) is 36.0 Å². The molecular weight excluding hydrogens is 284 g/mol. The van der Waals surface area contributed by atoms with Gasteiger partial charge in [0.05, 0.1) is 6.61 Å². The number of hydrogen-bond acceptors (Lipinski definition) is 5. The van der Waals surface area contributed by atoms with Crippen molar-refractivity contribution in [3.63, 3.8) is 0 Å². The summed E-state index contributed by atoms with van der Waals surface area (Å²) in [6.45, 7) is 7.05. The van der Waals surface area contributed by atoms with E-state index >= 15 is 0 Å². The molecule has 5 heteroatoms. The molecule has 0 saturated heterocycles. The first-order chi connectivity index (χ1) is 10.3. The Balaban J connectivity index is 0.000000774. The molecule has 21 heavy (non-hydrogen) atoms. The van der Waals surface area contributed by atoms with Crippen LogP contribution in [-0.2, 0) is 11.2 Å². The van der Waals surface area contributed by atoms with Crippen molar-refractivity contribution in [3.05, 3.63) is 34.8 Å². The zero-order chi connectivity index (χ0) is 15.2. The first-order valence-electron chi connectivity index (χ1n) is 7.28. The fraction of sp³-hybridized carbons (Fsp3) is 0.375. The van der Waals surface area contributed by atoms with Crippen LogP contribution in [0.5, 0.6) is 0 Å². The summed E-state index contributed by atoms with van der Waals surface area (Å²) >= 11 is 1.48. The van der Waals surface area contributed by atoms with Crippen molar-refractivity contribution in [3.8, 4) is 10.4 Å². The summed E-state index contributed by atoms with van der Waals surface area (Å²) in [6, 6.07) is 5.89. The van der Waals surface area contributed by atoms with E-state index in [1.807, 2.05) is 39.0 Å². The highest BCUT2D eigenvalue weighted by molar-refractivity contribution is 7.17. The maximum atomic E-state index is 11.8. The van der Waals surface area contributed by atoms with Gasteiger partial charge in [-0.25, -0.2) is 9.78 Å². The molecule has 1 aliphatic rings. The topological polar surface area (TPSA) is 51.2 Å². The van der Waals surface area contributed by atoms with E-state index in [-0.39, 0.29) is 5.97 Å². The SMILES string of the molecule is CC.CCOC(=O)c1cc2c(s1)-c1cccnc1NCC2. The molecule has 2 aromatic heterocycles. The lowest BCUT2D eigenvalue weighted by Gasteiger charge is -2.04. The number of hydrogen-bond donors (Lipinski definition) is 1. The van der Waals surface area contributed by atoms with Gasteiger partial charge in [-0.1, -0.05) is 13.8 Å². The molecule has 0 unspecified atom stereocenters. The number of thiophene rings is 1. The first kappa shape index (κ1) is 15.5. The summed E-state index contributed by atoms with van der Waals surface area (Å²) in [5.74, 6) is 0.650. The van der Waals surface area contributed by atoms with Crippen molar-refractivity contribution in [1.82, 2.24) is 4.98 Å². The van der Waals surface area contributed by atoms with Gasteiger partial charge in [-0.15, -0.1) is 11.3 Å². The van der Waals surface area contributed by atoms with Gasteiger partial charge in [0.25, 0.3) is 0 Å². The average molecular weight is 304 g/mol. The van der Waals surface area contributed by atoms with Crippen LogP contribution in [0.25, 0.3) is 10.4 Å². The zero-order valence-electron chi connectivity index (χ0n) is 12.6. The second-order valence-corrected chi connectivity index (χ2v) is 5.31. The molecule has 0 amide bonds. The fourth-order valence-corrected chi connectivity index (χ4v) is 3.32. The van der Waals surface area contributed by atoms with Crippen LogP contribution in [0.3, 0.4) is 0 Å². The van der Waals surface area contributed by atoms with Crippen LogP contribution in [0.2, 0.25) is 0 Å². The molecular formula is C16H20N2O2S. The third-order valence-corrected chi connectivity index (χ3v) is 4.22. The molecule has 2 aromatic rings. The van der Waals surface area contributed by atoms with E-state index in [9.17, 15) is 4.79 Å². The van der Waals surface area contributed by atoms with E-state index in [1.54, 1.807) is 6.20 Å². The van der Waals surface area contributed by atoms with Crippen molar-refractivity contribution in [2.24, 2.45) is 0 Å². The Kier molecular flexibility index (Phi) is 5.33. The minimum atomic E-state index is -0.237. The Labute approximate surface area is 129 Å². The molecule has 0 spiro atoms. The average Bonchev–Trinajstić information content (AvgIpc) is 2.87. The van der Waals surface area contributed by atoms with Gasteiger partial charge in [0.2, 0.25) is 0 Å². The molecule has 4 nitrogen and oxygen atoms in total. The minimum absolute atomic E-state index is 0.237. The number of carbonyl (C=O) groups excluding carboxylic acids is 1. The summed E-state index contributed by atoms with van der Waals surface area (Å²) in [7, 11) is 0. The number of esters is 1. The van der Waals surface area contributed by atoms with Gasteiger partial charge in [0, 0.05) is 23.2 Å². The summed E-state index contributed by atoms with van der Waals surface area (Å²) in [5.41, 5.74) is 2.25. The van der Waals surface area contributed by atoms with Gasteiger partial charge >= 0.3 is 5.97 Å². The van der Waals surface area contributed by atoms with E-state index in [0.717, 1.165) is 29.2 Å². The Morgan fingerprint density at radius 3 is 3.05 bits per heavy atom. The molecule has 3 rings (SSSR count). The first-order valence-corrected chi connectivity index (χ1v) is 8.10. The Morgan fingerprint density at radius 1 is 1.48 bits per heavy atom. The third-order valence-electron chi connectivity index (χ3n) is 3.02. The lowest BCUT2D eigenvalue weighted by molar-refractivity contribution is 0.0532. The number of aromatic nitrogens is 1. The van der Waals surface area contributed by atoms with Gasteiger partial charge in [-0.3, -0.25) is 0 Å². The highest BCUT2D eigenvalue weighted by Gasteiger charge is 2.20. The lowest BCUT2D eigenvalue weighted by atomic mass is 10.1. The molecule has 112 valence electrons. The zero-order valence-corrected chi connectivity index (χ0v) is 13.4. The summed E-state index contributed by atoms with van der Waals surface area (Å²) < 4.78 is 5.07. The summed E-state index contributed by atoms with van der Waals surface area (Å²) in [6.07, 6.45) is 2.66. The van der Waals surface area contributed by atoms with E-state index in [1.165, 1.54) is 16.9 Å². The summed E-state index contributed by atoms with van der Waals surface area (Å²) in [4.78, 5) is 18.0. The van der Waals surface area contributed by atoms with Crippen molar-refractivity contribution in [2.45, 2.75) is 27.2 Å². The number of pyridine rings is 1. The van der Waals surface area contributed by atoms with Crippen LogP contribution in [-0.4, -0.2) is 24.1 Å². The molecule has 1 aliphatic heterocycles. The van der Waals surface area contributed by atoms with Crippen LogP contribution < -0.4 is 5.32 Å². The maximum absolute atomic E-state index is 11.8. The second-order valence-electron chi connectivity index (χ2n) is 4.26. The monoisotopic (exact) mass is 304 g/mol. The van der Waals surface area contributed by atoms with Crippen molar-refractivity contribution >= 4 is 23.1 Å². The molecule has 0 saturated carbocycles. The second kappa shape index (κ2) is 7.22. The number of ether oxygens (including phenoxy) is 1. The van der Waals surface area contributed by atoms with Gasteiger partial charge < -0.3 is 10.1 Å². The molecule has 0 radical (unpaired) electrons. The Hall–Kier alpha value is -1.88. The van der Waals surface area contributed by atoms with Crippen molar-refractivity contribution in [1.29, 1.82) is 0 Å². The number of nitrogens with one attached hydrogen (secondary N) is 1. The lowest BCUT2D eigenvalue weighted by Crippen LogP contribution is -2.04. The highest BCUT2D eigenvalue weighted by Crippen LogP contribution is 2.38. The quantitative estimate of drug-likeness (QED) is 0.853. The molecule has 3 heterocycles. The van der Waals surface area contributed by atoms with Crippen molar-refractivity contribution in [2.75, 3.05) is 18.5 Å². The molecule has 0 bridgehead atoms. The molecule has 0 aromatic carbocycles. The molecule has 0 aliphatic carbocycles. The maximum Gasteiger partial charge on any atom is 0.348 e. The van der Waals surface area contributed by atoms with Crippen LogP contribution in [0.4, 0.5) is 5.82 Å². The van der Waals surface area contributed by atoms with Gasteiger partial charge in [0.15, 0.2) is 0 Å². The Bertz CT molecular complexity index is 622. The number of carbonyl (C=O) groups is 1. The van der Waals surface area contributed by atoms with Gasteiger partial charge in [-0.05, 0) is 37.1 Å². The van der Waals surface area contributed by atoms with Crippen LogP contribution in [0.15, 0.2) is 24.4 Å². The van der Waals surface area contributed by atoms with Crippen molar-refractivity contribution < 1.29 is 9.53 Å². The highest BCUT2D eigenvalue weighted by atomic mass is 32.1. The van der Waals surface area contributed by atoms with E-state index in [0.29, 0.717) is 11.5 Å². The normalized spacial score (nSPS) is 12.0. The summed E-state index contributed by atoms with van der Waals surface area (Å²) in [5, 5.41) is 3.31. The number of fused-ring (bicyclic) bond motifs is 3.